The van der Waals surface area contributed by atoms with E-state index in [0.29, 0.717) is 6.42 Å². The zero-order valence-corrected chi connectivity index (χ0v) is 9.27. The summed E-state index contributed by atoms with van der Waals surface area (Å²) < 4.78 is 0. The summed E-state index contributed by atoms with van der Waals surface area (Å²) in [5.41, 5.74) is -0.596. The first kappa shape index (κ1) is 12.2. The molecule has 0 heterocycles. The maximum absolute atomic E-state index is 11.2. The summed E-state index contributed by atoms with van der Waals surface area (Å²) in [6.07, 6.45) is 1.55. The van der Waals surface area contributed by atoms with Gasteiger partial charge in [0.1, 0.15) is 11.2 Å². The number of carbonyl (C=O) groups is 1. The molecule has 0 fully saturated rings. The van der Waals surface area contributed by atoms with Gasteiger partial charge in [-0.25, -0.2) is 0 Å². The van der Waals surface area contributed by atoms with E-state index >= 15 is 0 Å². The van der Waals surface area contributed by atoms with Gasteiger partial charge in [-0.2, -0.15) is 5.26 Å². The van der Waals surface area contributed by atoms with Gasteiger partial charge in [0.2, 0.25) is 0 Å². The average molecular weight is 181 g/mol. The first-order chi connectivity index (χ1) is 5.71. The van der Waals surface area contributed by atoms with E-state index in [1.165, 1.54) is 6.92 Å². The number of nitrogens with zero attached hydrogens (tertiary/aromatic N) is 1. The summed E-state index contributed by atoms with van der Waals surface area (Å²) in [7, 11) is 0. The van der Waals surface area contributed by atoms with E-state index in [4.69, 9.17) is 5.26 Å². The van der Waals surface area contributed by atoms with Crippen molar-refractivity contribution in [3.8, 4) is 6.07 Å². The molecule has 0 bridgehead atoms. The topological polar surface area (TPSA) is 40.9 Å². The monoisotopic (exact) mass is 181 g/mol. The lowest BCUT2D eigenvalue weighted by molar-refractivity contribution is -0.123. The highest BCUT2D eigenvalue weighted by Crippen LogP contribution is 2.30. The predicted molar refractivity (Wildman–Crippen MR) is 53.1 cm³/mol. The third-order valence-corrected chi connectivity index (χ3v) is 2.40. The lowest BCUT2D eigenvalue weighted by Crippen LogP contribution is -2.25. The fourth-order valence-corrected chi connectivity index (χ4v) is 0.936. The van der Waals surface area contributed by atoms with Crippen molar-refractivity contribution >= 4 is 5.78 Å². The van der Waals surface area contributed by atoms with Crippen LogP contribution in [-0.2, 0) is 4.79 Å². The molecule has 0 N–H and O–H groups in total. The van der Waals surface area contributed by atoms with Crippen molar-refractivity contribution in [2.24, 2.45) is 10.8 Å². The highest BCUT2D eigenvalue weighted by molar-refractivity contribution is 5.84. The van der Waals surface area contributed by atoms with Crippen molar-refractivity contribution in [1.29, 1.82) is 5.26 Å². The maximum atomic E-state index is 11.2. The second kappa shape index (κ2) is 3.91. The maximum Gasteiger partial charge on any atom is 0.149 e. The number of hydrogen-bond acceptors (Lipinski definition) is 2. The smallest absolute Gasteiger partial charge is 0.149 e. The minimum Gasteiger partial charge on any atom is -0.298 e. The quantitative estimate of drug-likeness (QED) is 0.671. The lowest BCUT2D eigenvalue weighted by Gasteiger charge is -2.24. The van der Waals surface area contributed by atoms with Crippen molar-refractivity contribution in [2.75, 3.05) is 0 Å². The second-order valence-corrected chi connectivity index (χ2v) is 5.06. The molecule has 0 spiro atoms. The molecule has 13 heavy (non-hydrogen) atoms. The molecule has 2 heteroatoms. The average Bonchev–Trinajstić information content (AvgIpc) is 1.98. The van der Waals surface area contributed by atoms with E-state index in [2.05, 4.69) is 26.8 Å². The van der Waals surface area contributed by atoms with Crippen LogP contribution >= 0.6 is 0 Å². The second-order valence-electron chi connectivity index (χ2n) is 5.06. The molecule has 0 rings (SSSR count). The molecular weight excluding hydrogens is 162 g/mol. The van der Waals surface area contributed by atoms with Gasteiger partial charge < -0.3 is 0 Å². The summed E-state index contributed by atoms with van der Waals surface area (Å²) in [6.45, 7) is 9.56. The van der Waals surface area contributed by atoms with Crippen molar-refractivity contribution in [3.63, 3.8) is 0 Å². The van der Waals surface area contributed by atoms with Gasteiger partial charge in [-0.3, -0.25) is 4.79 Å². The number of carbonyl (C=O) groups excluding carboxylic acids is 1. The Labute approximate surface area is 80.9 Å². The zero-order valence-electron chi connectivity index (χ0n) is 9.27. The molecule has 74 valence electrons. The molecule has 1 unspecified atom stereocenters. The molecule has 0 aromatic carbocycles. The first-order valence-electron chi connectivity index (χ1n) is 4.63. The third-order valence-electron chi connectivity index (χ3n) is 2.40. The molecule has 1 atom stereocenters. The van der Waals surface area contributed by atoms with Crippen LogP contribution in [0.4, 0.5) is 0 Å². The Morgan fingerprint density at radius 3 is 1.92 bits per heavy atom. The predicted octanol–water partition coefficient (Wildman–Crippen LogP) is 2.93. The molecule has 2 nitrogen and oxygen atoms in total. The van der Waals surface area contributed by atoms with Crippen LogP contribution < -0.4 is 0 Å². The summed E-state index contributed by atoms with van der Waals surface area (Å²) >= 11 is 0. The van der Waals surface area contributed by atoms with Gasteiger partial charge in [0.15, 0.2) is 0 Å². The Bertz CT molecular complexity index is 231. The summed E-state index contributed by atoms with van der Waals surface area (Å²) in [5.74, 6) is -0.0285. The van der Waals surface area contributed by atoms with Crippen LogP contribution in [0.3, 0.4) is 0 Å². The van der Waals surface area contributed by atoms with Crippen LogP contribution in [0.15, 0.2) is 0 Å². The van der Waals surface area contributed by atoms with Crippen molar-refractivity contribution in [3.05, 3.63) is 0 Å². The van der Waals surface area contributed by atoms with Gasteiger partial charge >= 0.3 is 0 Å². The van der Waals surface area contributed by atoms with E-state index in [1.54, 1.807) is 6.92 Å². The summed E-state index contributed by atoms with van der Waals surface area (Å²) in [4.78, 5) is 11.2. The molecule has 0 saturated carbocycles. The Morgan fingerprint density at radius 1 is 1.23 bits per heavy atom. The van der Waals surface area contributed by atoms with E-state index < -0.39 is 5.41 Å². The van der Waals surface area contributed by atoms with E-state index in [1.807, 2.05) is 0 Å². The lowest BCUT2D eigenvalue weighted by atomic mass is 9.77. The summed E-state index contributed by atoms with van der Waals surface area (Å²) in [6, 6.07) is 2.10. The molecule has 0 aromatic heterocycles. The first-order valence-corrected chi connectivity index (χ1v) is 4.63. The zero-order chi connectivity index (χ0) is 10.7. The molecule has 0 saturated heterocycles. The number of Topliss-reactive ketones (excluding diaryl/α,β-unsaturated/α-hetero) is 1. The molecule has 0 radical (unpaired) electrons. The van der Waals surface area contributed by atoms with Crippen LogP contribution in [0.2, 0.25) is 0 Å². The largest absolute Gasteiger partial charge is 0.298 e. The number of ketones is 1. The Balaban J connectivity index is 4.34. The van der Waals surface area contributed by atoms with Crippen LogP contribution in [0, 0.1) is 22.2 Å². The molecule has 0 aromatic rings. The van der Waals surface area contributed by atoms with Crippen LogP contribution in [0.1, 0.15) is 47.5 Å². The normalized spacial score (nSPS) is 16.0. The van der Waals surface area contributed by atoms with Gasteiger partial charge in [-0.1, -0.05) is 20.8 Å². The summed E-state index contributed by atoms with van der Waals surface area (Å²) in [5, 5.41) is 8.88. The minimum atomic E-state index is -0.784. The highest BCUT2D eigenvalue weighted by atomic mass is 16.1. The molecular formula is C11H19NO. The van der Waals surface area contributed by atoms with E-state index in [-0.39, 0.29) is 11.2 Å². The van der Waals surface area contributed by atoms with Crippen LogP contribution in [0.25, 0.3) is 0 Å². The minimum absolute atomic E-state index is 0.0285. The highest BCUT2D eigenvalue weighted by Gasteiger charge is 2.30. The number of hydrogen-bond donors (Lipinski definition) is 0. The Morgan fingerprint density at radius 2 is 1.69 bits per heavy atom. The number of nitriles is 1. The number of rotatable bonds is 3. The van der Waals surface area contributed by atoms with Gasteiger partial charge in [-0.05, 0) is 32.1 Å². The Kier molecular flexibility index (Phi) is 3.66. The van der Waals surface area contributed by atoms with Gasteiger partial charge in [0.25, 0.3) is 0 Å². The fourth-order valence-electron chi connectivity index (χ4n) is 0.936. The standard InChI is InChI=1S/C11H19NO/c1-9(13)11(5,8-12)7-6-10(2,3)4/h6-7H2,1-5H3. The van der Waals surface area contributed by atoms with E-state index in [0.717, 1.165) is 6.42 Å². The molecule has 0 aliphatic carbocycles. The van der Waals surface area contributed by atoms with Gasteiger partial charge in [0.05, 0.1) is 6.07 Å². The van der Waals surface area contributed by atoms with Crippen LogP contribution in [-0.4, -0.2) is 5.78 Å². The van der Waals surface area contributed by atoms with Crippen molar-refractivity contribution in [1.82, 2.24) is 0 Å². The van der Waals surface area contributed by atoms with Crippen molar-refractivity contribution in [2.45, 2.75) is 47.5 Å². The Hall–Kier alpha value is -0.840. The van der Waals surface area contributed by atoms with Gasteiger partial charge in [-0.15, -0.1) is 0 Å². The fraction of sp³-hybridized carbons (Fsp3) is 0.818. The SMILES string of the molecule is CC(=O)C(C)(C#N)CCC(C)(C)C. The molecule has 0 amide bonds. The third kappa shape index (κ3) is 4.07. The molecule has 0 aliphatic heterocycles. The molecule has 0 aliphatic rings. The van der Waals surface area contributed by atoms with E-state index in [9.17, 15) is 4.79 Å². The van der Waals surface area contributed by atoms with Gasteiger partial charge in [0, 0.05) is 0 Å². The van der Waals surface area contributed by atoms with Crippen LogP contribution in [0.5, 0.6) is 0 Å². The van der Waals surface area contributed by atoms with Crippen molar-refractivity contribution < 1.29 is 4.79 Å².